The van der Waals surface area contributed by atoms with Crippen LogP contribution in [0, 0.1) is 0 Å². The molecule has 3 aromatic rings. The smallest absolute Gasteiger partial charge is 0.255 e. The van der Waals surface area contributed by atoms with E-state index in [1.165, 1.54) is 4.90 Å². The Morgan fingerprint density at radius 1 is 0.815 bits per heavy atom. The van der Waals surface area contributed by atoms with E-state index in [0.29, 0.717) is 28.3 Å². The van der Waals surface area contributed by atoms with Gasteiger partial charge in [-0.3, -0.25) is 9.59 Å². The predicted octanol–water partition coefficient (Wildman–Crippen LogP) is 4.43. The molecule has 0 bridgehead atoms. The minimum Gasteiger partial charge on any atom is -0.457 e. The summed E-state index contributed by atoms with van der Waals surface area (Å²) in [6, 6.07) is 23.2. The molecular weight excluding hydrogens is 340 g/mol. The summed E-state index contributed by atoms with van der Waals surface area (Å²) in [5.74, 6) is 0.767. The van der Waals surface area contributed by atoms with Gasteiger partial charge in [-0.2, -0.15) is 0 Å². The third-order valence-corrected chi connectivity index (χ3v) is 3.89. The molecule has 136 valence electrons. The van der Waals surface area contributed by atoms with Gasteiger partial charge >= 0.3 is 0 Å². The van der Waals surface area contributed by atoms with E-state index in [9.17, 15) is 9.59 Å². The Labute approximate surface area is 158 Å². The molecule has 0 aliphatic heterocycles. The lowest BCUT2D eigenvalue weighted by Gasteiger charge is -2.15. The average Bonchev–Trinajstić information content (AvgIpc) is 2.69. The highest BCUT2D eigenvalue weighted by molar-refractivity contribution is 6.09. The van der Waals surface area contributed by atoms with Crippen molar-refractivity contribution >= 4 is 17.5 Å². The molecule has 0 fully saturated rings. The molecule has 5 nitrogen and oxygen atoms in total. The van der Waals surface area contributed by atoms with Crippen LogP contribution in [0.15, 0.2) is 78.9 Å². The highest BCUT2D eigenvalue weighted by Crippen LogP contribution is 2.23. The van der Waals surface area contributed by atoms with E-state index >= 15 is 0 Å². The summed E-state index contributed by atoms with van der Waals surface area (Å²) < 4.78 is 5.77. The second-order valence-electron chi connectivity index (χ2n) is 6.14. The van der Waals surface area contributed by atoms with Gasteiger partial charge in [-0.05, 0) is 42.5 Å². The Bertz CT molecular complexity index is 953. The molecule has 27 heavy (non-hydrogen) atoms. The fourth-order valence-electron chi connectivity index (χ4n) is 2.54. The molecule has 2 amide bonds. The molecule has 0 unspecified atom stereocenters. The minimum atomic E-state index is -0.312. The predicted molar refractivity (Wildman–Crippen MR) is 105 cm³/mol. The van der Waals surface area contributed by atoms with Gasteiger partial charge in [-0.25, -0.2) is 0 Å². The molecule has 0 radical (unpaired) electrons. The number of amides is 2. The van der Waals surface area contributed by atoms with Crippen LogP contribution in [0.3, 0.4) is 0 Å². The van der Waals surface area contributed by atoms with Crippen molar-refractivity contribution in [2.24, 2.45) is 0 Å². The Morgan fingerprint density at radius 2 is 1.48 bits per heavy atom. The number of ether oxygens (including phenoxy) is 1. The SMILES string of the molecule is CN(C)C(=O)c1ccccc1NC(=O)c1cccc(Oc2ccccc2)c1. The monoisotopic (exact) mass is 360 g/mol. The maximum absolute atomic E-state index is 12.7. The van der Waals surface area contributed by atoms with Crippen LogP contribution in [0.25, 0.3) is 0 Å². The fourth-order valence-corrected chi connectivity index (χ4v) is 2.54. The Hall–Kier alpha value is -3.60. The zero-order valence-electron chi connectivity index (χ0n) is 15.2. The first kappa shape index (κ1) is 18.2. The lowest BCUT2D eigenvalue weighted by molar-refractivity contribution is 0.0828. The van der Waals surface area contributed by atoms with Gasteiger partial charge in [-0.15, -0.1) is 0 Å². The van der Waals surface area contributed by atoms with Crippen LogP contribution in [-0.4, -0.2) is 30.8 Å². The number of carbonyl (C=O) groups excluding carboxylic acids is 2. The molecule has 0 heterocycles. The summed E-state index contributed by atoms with van der Waals surface area (Å²) in [7, 11) is 3.34. The third kappa shape index (κ3) is 4.52. The van der Waals surface area contributed by atoms with Crippen LogP contribution in [-0.2, 0) is 0 Å². The van der Waals surface area contributed by atoms with Gasteiger partial charge in [-0.1, -0.05) is 36.4 Å². The molecule has 0 saturated carbocycles. The molecule has 0 saturated heterocycles. The van der Waals surface area contributed by atoms with Gasteiger partial charge in [0.2, 0.25) is 0 Å². The van der Waals surface area contributed by atoms with Crippen molar-refractivity contribution in [2.75, 3.05) is 19.4 Å². The first-order chi connectivity index (χ1) is 13.0. The molecule has 0 spiro atoms. The highest BCUT2D eigenvalue weighted by Gasteiger charge is 2.15. The van der Waals surface area contributed by atoms with Gasteiger partial charge in [0.05, 0.1) is 11.3 Å². The van der Waals surface area contributed by atoms with Crippen molar-refractivity contribution in [3.05, 3.63) is 90.0 Å². The number of nitrogens with zero attached hydrogens (tertiary/aromatic N) is 1. The van der Waals surface area contributed by atoms with Crippen LogP contribution < -0.4 is 10.1 Å². The molecule has 0 aliphatic carbocycles. The maximum Gasteiger partial charge on any atom is 0.255 e. The molecule has 0 atom stereocenters. The number of anilines is 1. The number of nitrogens with one attached hydrogen (secondary N) is 1. The van der Waals surface area contributed by atoms with Gasteiger partial charge in [0, 0.05) is 19.7 Å². The second-order valence-corrected chi connectivity index (χ2v) is 6.14. The Balaban J connectivity index is 1.80. The first-order valence-electron chi connectivity index (χ1n) is 8.49. The second kappa shape index (κ2) is 8.19. The normalized spacial score (nSPS) is 10.1. The molecule has 3 aromatic carbocycles. The zero-order chi connectivity index (χ0) is 19.2. The number of benzene rings is 3. The first-order valence-corrected chi connectivity index (χ1v) is 8.49. The van der Waals surface area contributed by atoms with E-state index in [-0.39, 0.29) is 11.8 Å². The number of para-hydroxylation sites is 2. The summed E-state index contributed by atoms with van der Waals surface area (Å²) in [6.45, 7) is 0. The summed E-state index contributed by atoms with van der Waals surface area (Å²) in [5, 5.41) is 2.81. The van der Waals surface area contributed by atoms with Crippen LogP contribution in [0.1, 0.15) is 20.7 Å². The number of hydrogen-bond donors (Lipinski definition) is 1. The van der Waals surface area contributed by atoms with E-state index in [4.69, 9.17) is 4.74 Å². The number of hydrogen-bond acceptors (Lipinski definition) is 3. The number of rotatable bonds is 5. The van der Waals surface area contributed by atoms with E-state index < -0.39 is 0 Å². The van der Waals surface area contributed by atoms with E-state index in [0.717, 1.165) is 0 Å². The summed E-state index contributed by atoms with van der Waals surface area (Å²) >= 11 is 0. The van der Waals surface area contributed by atoms with Gasteiger partial charge in [0.1, 0.15) is 11.5 Å². The zero-order valence-corrected chi connectivity index (χ0v) is 15.2. The summed E-state index contributed by atoms with van der Waals surface area (Å²) in [5.41, 5.74) is 1.35. The van der Waals surface area contributed by atoms with Crippen LogP contribution in [0.2, 0.25) is 0 Å². The van der Waals surface area contributed by atoms with E-state index in [2.05, 4.69) is 5.32 Å². The lowest BCUT2D eigenvalue weighted by Crippen LogP contribution is -2.24. The number of carbonyl (C=O) groups is 2. The van der Waals surface area contributed by atoms with Crippen molar-refractivity contribution < 1.29 is 14.3 Å². The average molecular weight is 360 g/mol. The topological polar surface area (TPSA) is 58.6 Å². The third-order valence-electron chi connectivity index (χ3n) is 3.89. The fraction of sp³-hybridized carbons (Fsp3) is 0.0909. The van der Waals surface area contributed by atoms with Gasteiger partial charge in [0.25, 0.3) is 11.8 Å². The van der Waals surface area contributed by atoms with E-state index in [1.807, 2.05) is 30.3 Å². The molecule has 0 aromatic heterocycles. The quantitative estimate of drug-likeness (QED) is 0.732. The van der Waals surface area contributed by atoms with Crippen molar-refractivity contribution in [1.29, 1.82) is 0 Å². The maximum atomic E-state index is 12.7. The van der Waals surface area contributed by atoms with Crippen LogP contribution in [0.4, 0.5) is 5.69 Å². The standard InChI is InChI=1S/C22H20N2O3/c1-24(2)22(26)19-13-6-7-14-20(19)23-21(25)16-9-8-12-18(15-16)27-17-10-4-3-5-11-17/h3-15H,1-2H3,(H,23,25). The minimum absolute atomic E-state index is 0.174. The largest absolute Gasteiger partial charge is 0.457 e. The van der Waals surface area contributed by atoms with Crippen molar-refractivity contribution in [2.45, 2.75) is 0 Å². The molecule has 3 rings (SSSR count). The summed E-state index contributed by atoms with van der Waals surface area (Å²) in [4.78, 5) is 26.4. The molecule has 1 N–H and O–H groups in total. The van der Waals surface area contributed by atoms with Crippen LogP contribution in [0.5, 0.6) is 11.5 Å². The highest BCUT2D eigenvalue weighted by atomic mass is 16.5. The van der Waals surface area contributed by atoms with Crippen molar-refractivity contribution in [1.82, 2.24) is 4.90 Å². The molecular formula is C22H20N2O3. The Morgan fingerprint density at radius 3 is 2.22 bits per heavy atom. The summed E-state index contributed by atoms with van der Waals surface area (Å²) in [6.07, 6.45) is 0. The van der Waals surface area contributed by atoms with Gasteiger partial charge < -0.3 is 15.0 Å². The lowest BCUT2D eigenvalue weighted by atomic mass is 10.1. The van der Waals surface area contributed by atoms with Gasteiger partial charge in [0.15, 0.2) is 0 Å². The Kier molecular flexibility index (Phi) is 5.52. The molecule has 5 heteroatoms. The van der Waals surface area contributed by atoms with E-state index in [1.54, 1.807) is 62.6 Å². The van der Waals surface area contributed by atoms with Crippen LogP contribution >= 0.6 is 0 Å². The molecule has 0 aliphatic rings. The van der Waals surface area contributed by atoms with Crippen molar-refractivity contribution in [3.63, 3.8) is 0 Å². The van der Waals surface area contributed by atoms with Crippen molar-refractivity contribution in [3.8, 4) is 11.5 Å².